The third-order valence-corrected chi connectivity index (χ3v) is 4.50. The number of benzene rings is 1. The second-order valence-electron chi connectivity index (χ2n) is 6.70. The maximum absolute atomic E-state index is 12.7. The highest BCUT2D eigenvalue weighted by atomic mass is 16.5. The molecule has 2 heterocycles. The van der Waals surface area contributed by atoms with E-state index in [2.05, 4.69) is 18.8 Å². The lowest BCUT2D eigenvalue weighted by Gasteiger charge is -2.32. The van der Waals surface area contributed by atoms with Gasteiger partial charge in [-0.25, -0.2) is 4.98 Å². The normalized spacial score (nSPS) is 16.4. The topological polar surface area (TPSA) is 85.5 Å². The van der Waals surface area contributed by atoms with Gasteiger partial charge in [0, 0.05) is 5.56 Å². The van der Waals surface area contributed by atoms with Gasteiger partial charge in [-0.05, 0) is 30.0 Å². The SMILES string of the molecule is CCC1Oc2ccc(N)nc2N(CC(=O)c2ccc(C(C)C)cc2)C1=O. The predicted molar refractivity (Wildman–Crippen MR) is 101 cm³/mol. The molecule has 3 rings (SSSR count). The van der Waals surface area contributed by atoms with E-state index in [0.717, 1.165) is 5.56 Å². The van der Waals surface area contributed by atoms with Gasteiger partial charge in [0.25, 0.3) is 5.91 Å². The highest BCUT2D eigenvalue weighted by Gasteiger charge is 2.35. The van der Waals surface area contributed by atoms with Crippen LogP contribution in [-0.4, -0.2) is 29.3 Å². The number of ketones is 1. The van der Waals surface area contributed by atoms with Crippen LogP contribution in [0.3, 0.4) is 0 Å². The highest BCUT2D eigenvalue weighted by molar-refractivity contribution is 6.07. The molecule has 6 heteroatoms. The van der Waals surface area contributed by atoms with Crippen molar-refractivity contribution >= 4 is 23.3 Å². The van der Waals surface area contributed by atoms with Crippen molar-refractivity contribution in [3.05, 3.63) is 47.5 Å². The van der Waals surface area contributed by atoms with Crippen LogP contribution in [0.4, 0.5) is 11.6 Å². The summed E-state index contributed by atoms with van der Waals surface area (Å²) in [5.74, 6) is 1.00. The Kier molecular flexibility index (Phi) is 4.93. The molecule has 1 atom stereocenters. The first-order valence-electron chi connectivity index (χ1n) is 8.78. The van der Waals surface area contributed by atoms with Gasteiger partial charge in [0.05, 0.1) is 6.54 Å². The van der Waals surface area contributed by atoms with Crippen molar-refractivity contribution in [3.8, 4) is 5.75 Å². The van der Waals surface area contributed by atoms with Crippen LogP contribution in [0.2, 0.25) is 0 Å². The largest absolute Gasteiger partial charge is 0.477 e. The van der Waals surface area contributed by atoms with Crippen LogP contribution in [0.15, 0.2) is 36.4 Å². The molecule has 0 spiro atoms. The number of carbonyl (C=O) groups excluding carboxylic acids is 2. The number of aromatic nitrogens is 1. The number of ether oxygens (including phenoxy) is 1. The fourth-order valence-electron chi connectivity index (χ4n) is 2.92. The second-order valence-corrected chi connectivity index (χ2v) is 6.70. The number of fused-ring (bicyclic) bond motifs is 1. The Morgan fingerprint density at radius 2 is 1.92 bits per heavy atom. The van der Waals surface area contributed by atoms with Crippen molar-refractivity contribution in [1.82, 2.24) is 4.98 Å². The molecule has 2 aromatic rings. The number of anilines is 2. The van der Waals surface area contributed by atoms with Gasteiger partial charge >= 0.3 is 0 Å². The summed E-state index contributed by atoms with van der Waals surface area (Å²) in [6.45, 7) is 5.97. The van der Waals surface area contributed by atoms with E-state index in [9.17, 15) is 9.59 Å². The summed E-state index contributed by atoms with van der Waals surface area (Å²) in [5.41, 5.74) is 7.48. The van der Waals surface area contributed by atoms with Gasteiger partial charge < -0.3 is 10.5 Å². The van der Waals surface area contributed by atoms with Crippen molar-refractivity contribution in [2.45, 2.75) is 39.2 Å². The van der Waals surface area contributed by atoms with Crippen molar-refractivity contribution < 1.29 is 14.3 Å². The van der Waals surface area contributed by atoms with Crippen LogP contribution in [0, 0.1) is 0 Å². The molecule has 136 valence electrons. The van der Waals surface area contributed by atoms with Crippen LogP contribution in [0.25, 0.3) is 0 Å². The van der Waals surface area contributed by atoms with Gasteiger partial charge in [0.2, 0.25) is 0 Å². The van der Waals surface area contributed by atoms with Crippen LogP contribution in [0.5, 0.6) is 5.75 Å². The van der Waals surface area contributed by atoms with Gasteiger partial charge in [-0.15, -0.1) is 0 Å². The molecule has 26 heavy (non-hydrogen) atoms. The zero-order valence-electron chi connectivity index (χ0n) is 15.2. The van der Waals surface area contributed by atoms with Gasteiger partial charge in [-0.2, -0.15) is 0 Å². The van der Waals surface area contributed by atoms with E-state index in [1.165, 1.54) is 4.90 Å². The summed E-state index contributed by atoms with van der Waals surface area (Å²) in [7, 11) is 0. The Hall–Kier alpha value is -2.89. The maximum Gasteiger partial charge on any atom is 0.269 e. The fraction of sp³-hybridized carbons (Fsp3) is 0.350. The number of amides is 1. The highest BCUT2D eigenvalue weighted by Crippen LogP contribution is 2.33. The first-order valence-corrected chi connectivity index (χ1v) is 8.78. The molecule has 0 radical (unpaired) electrons. The zero-order valence-corrected chi connectivity index (χ0v) is 15.2. The minimum Gasteiger partial charge on any atom is -0.477 e. The second kappa shape index (κ2) is 7.15. The quantitative estimate of drug-likeness (QED) is 0.835. The molecule has 1 aromatic heterocycles. The summed E-state index contributed by atoms with van der Waals surface area (Å²) in [6.07, 6.45) is -0.111. The Labute approximate surface area is 153 Å². The first kappa shape index (κ1) is 17.9. The summed E-state index contributed by atoms with van der Waals surface area (Å²) >= 11 is 0. The lowest BCUT2D eigenvalue weighted by atomic mass is 10.0. The van der Waals surface area contributed by atoms with Crippen molar-refractivity contribution in [2.24, 2.45) is 0 Å². The van der Waals surface area contributed by atoms with Crippen LogP contribution >= 0.6 is 0 Å². The van der Waals surface area contributed by atoms with Gasteiger partial charge in [-0.1, -0.05) is 45.0 Å². The number of hydrogen-bond donors (Lipinski definition) is 1. The molecule has 1 aliphatic rings. The van der Waals surface area contributed by atoms with Crippen molar-refractivity contribution in [2.75, 3.05) is 17.2 Å². The number of carbonyl (C=O) groups is 2. The van der Waals surface area contributed by atoms with Crippen LogP contribution in [0.1, 0.15) is 49.0 Å². The van der Waals surface area contributed by atoms with Crippen LogP contribution in [-0.2, 0) is 4.79 Å². The molecule has 1 aliphatic heterocycles. The fourth-order valence-corrected chi connectivity index (χ4v) is 2.92. The molecule has 0 aliphatic carbocycles. The van der Waals surface area contributed by atoms with E-state index in [1.54, 1.807) is 24.3 Å². The number of Topliss-reactive ketones (excluding diaryl/α,β-unsaturated/α-hetero) is 1. The van der Waals surface area contributed by atoms with Gasteiger partial charge in [-0.3, -0.25) is 14.5 Å². The third-order valence-electron chi connectivity index (χ3n) is 4.50. The number of rotatable bonds is 5. The summed E-state index contributed by atoms with van der Waals surface area (Å²) < 4.78 is 5.69. The molecule has 1 aromatic carbocycles. The van der Waals surface area contributed by atoms with E-state index in [0.29, 0.717) is 29.5 Å². The lowest BCUT2D eigenvalue weighted by molar-refractivity contribution is -0.126. The van der Waals surface area contributed by atoms with E-state index < -0.39 is 6.10 Å². The number of nitrogen functional groups attached to an aromatic ring is 1. The third kappa shape index (κ3) is 3.40. The summed E-state index contributed by atoms with van der Waals surface area (Å²) in [4.78, 5) is 31.0. The minimum atomic E-state index is -0.621. The molecular weight excluding hydrogens is 330 g/mol. The lowest BCUT2D eigenvalue weighted by Crippen LogP contribution is -2.48. The van der Waals surface area contributed by atoms with Crippen LogP contribution < -0.4 is 15.4 Å². The average Bonchev–Trinajstić information content (AvgIpc) is 2.64. The number of hydrogen-bond acceptors (Lipinski definition) is 5. The molecule has 1 amide bonds. The average molecular weight is 353 g/mol. The van der Waals surface area contributed by atoms with E-state index in [-0.39, 0.29) is 24.1 Å². The Morgan fingerprint density at radius 3 is 2.54 bits per heavy atom. The predicted octanol–water partition coefficient (Wildman–Crippen LogP) is 3.17. The summed E-state index contributed by atoms with van der Waals surface area (Å²) in [6, 6.07) is 10.8. The van der Waals surface area contributed by atoms with E-state index in [4.69, 9.17) is 10.5 Å². The standard InChI is InChI=1S/C20H23N3O3/c1-4-16-20(25)23(19-17(26-16)9-10-18(21)22-19)11-15(24)14-7-5-13(6-8-14)12(2)3/h5-10,12,16H,4,11H2,1-3H3,(H2,21,22). The molecule has 0 bridgehead atoms. The molecule has 0 saturated carbocycles. The van der Waals surface area contributed by atoms with Crippen molar-refractivity contribution in [1.29, 1.82) is 0 Å². The maximum atomic E-state index is 12.7. The molecule has 0 fully saturated rings. The number of nitrogens with two attached hydrogens (primary N) is 1. The molecule has 1 unspecified atom stereocenters. The Bertz CT molecular complexity index is 831. The summed E-state index contributed by atoms with van der Waals surface area (Å²) in [5, 5.41) is 0. The van der Waals surface area contributed by atoms with E-state index in [1.807, 2.05) is 19.1 Å². The minimum absolute atomic E-state index is 0.0941. The first-order chi connectivity index (χ1) is 12.4. The monoisotopic (exact) mass is 353 g/mol. The zero-order chi connectivity index (χ0) is 18.8. The molecular formula is C20H23N3O3. The molecule has 0 saturated heterocycles. The Morgan fingerprint density at radius 1 is 1.23 bits per heavy atom. The van der Waals surface area contributed by atoms with E-state index >= 15 is 0 Å². The Balaban J connectivity index is 1.88. The van der Waals surface area contributed by atoms with Gasteiger partial charge in [0.15, 0.2) is 23.5 Å². The smallest absolute Gasteiger partial charge is 0.269 e. The number of nitrogens with zero attached hydrogens (tertiary/aromatic N) is 2. The molecule has 2 N–H and O–H groups in total. The van der Waals surface area contributed by atoms with Gasteiger partial charge in [0.1, 0.15) is 5.82 Å². The molecule has 6 nitrogen and oxygen atoms in total. The number of pyridine rings is 1. The van der Waals surface area contributed by atoms with Crippen molar-refractivity contribution in [3.63, 3.8) is 0 Å².